The fourth-order valence-electron chi connectivity index (χ4n) is 2.60. The van der Waals surface area contributed by atoms with Crippen LogP contribution in [0.25, 0.3) is 0 Å². The number of rotatable bonds is 8. The van der Waals surface area contributed by atoms with Gasteiger partial charge in [0.2, 0.25) is 0 Å². The van der Waals surface area contributed by atoms with Crippen molar-refractivity contribution in [2.45, 2.75) is 27.2 Å². The average Bonchev–Trinajstić information content (AvgIpc) is 2.69. The molecule has 0 bridgehead atoms. The highest BCUT2D eigenvalue weighted by Crippen LogP contribution is 2.18. The van der Waals surface area contributed by atoms with E-state index in [1.165, 1.54) is 0 Å². The Balaban J connectivity index is 1.90. The van der Waals surface area contributed by atoms with Gasteiger partial charge in [0.1, 0.15) is 5.75 Å². The maximum absolute atomic E-state index is 12.3. The van der Waals surface area contributed by atoms with Crippen LogP contribution in [0.3, 0.4) is 0 Å². The van der Waals surface area contributed by atoms with E-state index in [-0.39, 0.29) is 11.0 Å². The van der Waals surface area contributed by atoms with E-state index in [2.05, 4.69) is 29.4 Å². The Morgan fingerprint density at radius 3 is 2.19 bits per heavy atom. The summed E-state index contributed by atoms with van der Waals surface area (Å²) in [5.41, 5.74) is 2.52. The standard InChI is InChI=1S/C21H27N3O2S/c1-4-15-26-19-13-7-16(8-14-19)20(25)23-21(27)22-17-9-11-18(12-10-17)24(5-2)6-3/h7-14H,4-6,15H2,1-3H3,(H2,22,23,25,27). The third-order valence-electron chi connectivity index (χ3n) is 4.07. The van der Waals surface area contributed by atoms with Gasteiger partial charge in [-0.25, -0.2) is 0 Å². The van der Waals surface area contributed by atoms with Crippen LogP contribution in [-0.4, -0.2) is 30.7 Å². The van der Waals surface area contributed by atoms with Crippen molar-refractivity contribution in [3.8, 4) is 5.75 Å². The van der Waals surface area contributed by atoms with Crippen LogP contribution < -0.4 is 20.3 Å². The van der Waals surface area contributed by atoms with Crippen molar-refractivity contribution >= 4 is 34.6 Å². The third-order valence-corrected chi connectivity index (χ3v) is 4.27. The molecule has 2 N–H and O–H groups in total. The number of nitrogens with one attached hydrogen (secondary N) is 2. The Kier molecular flexibility index (Phi) is 8.07. The smallest absolute Gasteiger partial charge is 0.257 e. The summed E-state index contributed by atoms with van der Waals surface area (Å²) in [4.78, 5) is 14.6. The molecule has 0 atom stereocenters. The highest BCUT2D eigenvalue weighted by molar-refractivity contribution is 7.80. The molecule has 0 aliphatic rings. The zero-order chi connectivity index (χ0) is 19.6. The summed E-state index contributed by atoms with van der Waals surface area (Å²) in [7, 11) is 0. The van der Waals surface area contributed by atoms with Crippen molar-refractivity contribution in [3.05, 3.63) is 54.1 Å². The summed E-state index contributed by atoms with van der Waals surface area (Å²) in [6.45, 7) is 8.88. The second-order valence-corrected chi connectivity index (χ2v) is 6.41. The van der Waals surface area contributed by atoms with Crippen molar-refractivity contribution in [1.82, 2.24) is 5.32 Å². The number of thiocarbonyl (C=S) groups is 1. The molecule has 144 valence electrons. The molecular weight excluding hydrogens is 358 g/mol. The van der Waals surface area contributed by atoms with E-state index in [0.717, 1.165) is 36.6 Å². The molecule has 0 saturated heterocycles. The molecule has 0 aromatic heterocycles. The average molecular weight is 386 g/mol. The third kappa shape index (κ3) is 6.25. The van der Waals surface area contributed by atoms with Crippen molar-refractivity contribution in [2.24, 2.45) is 0 Å². The van der Waals surface area contributed by atoms with Gasteiger partial charge in [-0.15, -0.1) is 0 Å². The number of ether oxygens (including phenoxy) is 1. The topological polar surface area (TPSA) is 53.6 Å². The van der Waals surface area contributed by atoms with E-state index >= 15 is 0 Å². The van der Waals surface area contributed by atoms with Crippen LogP contribution in [0.2, 0.25) is 0 Å². The van der Waals surface area contributed by atoms with Crippen LogP contribution >= 0.6 is 12.2 Å². The van der Waals surface area contributed by atoms with E-state index in [1.807, 2.05) is 31.2 Å². The first-order chi connectivity index (χ1) is 13.1. The lowest BCUT2D eigenvalue weighted by Crippen LogP contribution is -2.34. The molecule has 0 aliphatic heterocycles. The molecule has 0 aliphatic carbocycles. The molecule has 0 heterocycles. The Bertz CT molecular complexity index is 741. The van der Waals surface area contributed by atoms with Crippen molar-refractivity contribution in [1.29, 1.82) is 0 Å². The number of amides is 1. The van der Waals surface area contributed by atoms with Crippen LogP contribution in [0.5, 0.6) is 5.75 Å². The first kappa shape index (κ1) is 20.7. The molecule has 2 rings (SSSR count). The van der Waals surface area contributed by atoms with Crippen LogP contribution in [0, 0.1) is 0 Å². The molecule has 1 amide bonds. The van der Waals surface area contributed by atoms with Gasteiger partial charge < -0.3 is 15.0 Å². The Morgan fingerprint density at radius 1 is 1.00 bits per heavy atom. The molecule has 0 unspecified atom stereocenters. The normalized spacial score (nSPS) is 10.2. The zero-order valence-corrected chi connectivity index (χ0v) is 16.9. The predicted molar refractivity (Wildman–Crippen MR) is 116 cm³/mol. The second kappa shape index (κ2) is 10.5. The molecule has 27 heavy (non-hydrogen) atoms. The number of anilines is 2. The van der Waals surface area contributed by atoms with E-state index in [0.29, 0.717) is 12.2 Å². The molecule has 2 aromatic rings. The van der Waals surface area contributed by atoms with Crippen molar-refractivity contribution < 1.29 is 9.53 Å². The maximum atomic E-state index is 12.3. The van der Waals surface area contributed by atoms with Gasteiger partial charge in [0.25, 0.3) is 5.91 Å². The maximum Gasteiger partial charge on any atom is 0.257 e. The van der Waals surface area contributed by atoms with Crippen LogP contribution in [0.4, 0.5) is 11.4 Å². The molecule has 0 radical (unpaired) electrons. The van der Waals surface area contributed by atoms with Crippen LogP contribution in [0.15, 0.2) is 48.5 Å². The first-order valence-corrected chi connectivity index (χ1v) is 9.68. The predicted octanol–water partition coefficient (Wildman–Crippen LogP) is 4.45. The second-order valence-electron chi connectivity index (χ2n) is 6.00. The van der Waals surface area contributed by atoms with E-state index < -0.39 is 0 Å². The first-order valence-electron chi connectivity index (χ1n) is 9.27. The Hall–Kier alpha value is -2.60. The Labute approximate surface area is 166 Å². The Morgan fingerprint density at radius 2 is 1.63 bits per heavy atom. The van der Waals surface area contributed by atoms with E-state index in [9.17, 15) is 4.79 Å². The van der Waals surface area contributed by atoms with Crippen molar-refractivity contribution in [3.63, 3.8) is 0 Å². The minimum Gasteiger partial charge on any atom is -0.494 e. The SMILES string of the molecule is CCCOc1ccc(C(=O)NC(=S)Nc2ccc(N(CC)CC)cc2)cc1. The molecule has 0 saturated carbocycles. The summed E-state index contributed by atoms with van der Waals surface area (Å²) >= 11 is 5.25. The fourth-order valence-corrected chi connectivity index (χ4v) is 2.81. The highest BCUT2D eigenvalue weighted by Gasteiger charge is 2.09. The zero-order valence-electron chi connectivity index (χ0n) is 16.1. The molecule has 5 nitrogen and oxygen atoms in total. The van der Waals surface area contributed by atoms with Gasteiger partial charge in [-0.2, -0.15) is 0 Å². The minimum absolute atomic E-state index is 0.255. The van der Waals surface area contributed by atoms with Gasteiger partial charge >= 0.3 is 0 Å². The molecule has 0 fully saturated rings. The quantitative estimate of drug-likeness (QED) is 0.658. The summed E-state index contributed by atoms with van der Waals surface area (Å²) in [5.74, 6) is 0.497. The van der Waals surface area contributed by atoms with Gasteiger partial charge in [-0.3, -0.25) is 10.1 Å². The monoisotopic (exact) mass is 385 g/mol. The molecule has 0 spiro atoms. The lowest BCUT2D eigenvalue weighted by Gasteiger charge is -2.21. The van der Waals surface area contributed by atoms with Gasteiger partial charge in [-0.1, -0.05) is 6.92 Å². The highest BCUT2D eigenvalue weighted by atomic mass is 32.1. The molecule has 6 heteroatoms. The number of hydrogen-bond donors (Lipinski definition) is 2. The lowest BCUT2D eigenvalue weighted by atomic mass is 10.2. The number of benzene rings is 2. The summed E-state index contributed by atoms with van der Waals surface area (Å²) < 4.78 is 5.52. The largest absolute Gasteiger partial charge is 0.494 e. The summed E-state index contributed by atoms with van der Waals surface area (Å²) in [6.07, 6.45) is 0.943. The summed E-state index contributed by atoms with van der Waals surface area (Å²) in [6, 6.07) is 15.0. The lowest BCUT2D eigenvalue weighted by molar-refractivity contribution is 0.0977. The fraction of sp³-hybridized carbons (Fsp3) is 0.333. The number of hydrogen-bond acceptors (Lipinski definition) is 4. The van der Waals surface area contributed by atoms with Gasteiger partial charge in [0.15, 0.2) is 5.11 Å². The van der Waals surface area contributed by atoms with Crippen LogP contribution in [-0.2, 0) is 0 Å². The number of carbonyl (C=O) groups is 1. The van der Waals surface area contributed by atoms with Gasteiger partial charge in [0, 0.05) is 30.0 Å². The molecular formula is C21H27N3O2S. The van der Waals surface area contributed by atoms with E-state index in [4.69, 9.17) is 17.0 Å². The summed E-state index contributed by atoms with van der Waals surface area (Å²) in [5, 5.41) is 6.00. The number of carbonyl (C=O) groups excluding carboxylic acids is 1. The van der Waals surface area contributed by atoms with Crippen molar-refractivity contribution in [2.75, 3.05) is 29.9 Å². The van der Waals surface area contributed by atoms with Gasteiger partial charge in [0.05, 0.1) is 6.61 Å². The van der Waals surface area contributed by atoms with Crippen LogP contribution in [0.1, 0.15) is 37.6 Å². The van der Waals surface area contributed by atoms with E-state index in [1.54, 1.807) is 24.3 Å². The molecule has 2 aromatic carbocycles. The minimum atomic E-state index is -0.255. The number of nitrogens with zero attached hydrogens (tertiary/aromatic N) is 1. The van der Waals surface area contributed by atoms with Gasteiger partial charge in [-0.05, 0) is 81.0 Å².